The summed E-state index contributed by atoms with van der Waals surface area (Å²) in [6.45, 7) is 0. The fraction of sp³-hybridized carbons (Fsp3) is 0.0870. The highest BCUT2D eigenvalue weighted by Crippen LogP contribution is 2.29. The zero-order chi connectivity index (χ0) is 20.4. The monoisotopic (exact) mass is 402 g/mol. The van der Waals surface area contributed by atoms with E-state index in [2.05, 4.69) is 23.2 Å². The van der Waals surface area contributed by atoms with E-state index in [0.717, 1.165) is 26.4 Å². The summed E-state index contributed by atoms with van der Waals surface area (Å²) in [4.78, 5) is 29.8. The number of carbonyl (C=O) groups is 2. The van der Waals surface area contributed by atoms with E-state index in [1.54, 1.807) is 19.2 Å². The Morgan fingerprint density at radius 2 is 1.69 bits per heavy atom. The Bertz CT molecular complexity index is 1180. The molecule has 0 unspecified atom stereocenters. The van der Waals surface area contributed by atoms with E-state index >= 15 is 0 Å². The van der Waals surface area contributed by atoms with Crippen LogP contribution in [-0.2, 0) is 11.2 Å². The van der Waals surface area contributed by atoms with Crippen LogP contribution in [0.15, 0.2) is 72.8 Å². The number of nitrogens with zero attached hydrogens (tertiary/aromatic N) is 2. The first-order valence-corrected chi connectivity index (χ1v) is 9.88. The molecule has 1 amide bonds. The first kappa shape index (κ1) is 18.8. The van der Waals surface area contributed by atoms with Gasteiger partial charge in [0, 0.05) is 12.7 Å². The number of hydrogen-bond acceptors (Lipinski definition) is 4. The van der Waals surface area contributed by atoms with Crippen molar-refractivity contribution in [1.29, 1.82) is 0 Å². The van der Waals surface area contributed by atoms with E-state index in [4.69, 9.17) is 5.11 Å². The first-order chi connectivity index (χ1) is 14.0. The van der Waals surface area contributed by atoms with Gasteiger partial charge >= 0.3 is 5.97 Å². The number of likely N-dealkylation sites (N-methyl/N-ethyl adjacent to an activating group) is 1. The predicted molar refractivity (Wildman–Crippen MR) is 116 cm³/mol. The van der Waals surface area contributed by atoms with Gasteiger partial charge < -0.3 is 10.0 Å². The van der Waals surface area contributed by atoms with Gasteiger partial charge in [0.1, 0.15) is 5.01 Å². The Kier molecular flexibility index (Phi) is 5.10. The number of hydrogen-bond donors (Lipinski definition) is 1. The zero-order valence-corrected chi connectivity index (χ0v) is 16.5. The number of benzene rings is 3. The molecule has 3 aromatic carbocycles. The second-order valence-corrected chi connectivity index (χ2v) is 7.75. The van der Waals surface area contributed by atoms with Crippen LogP contribution in [0.4, 0.5) is 5.69 Å². The fourth-order valence-corrected chi connectivity index (χ4v) is 4.08. The molecule has 0 radical (unpaired) electrons. The summed E-state index contributed by atoms with van der Waals surface area (Å²) < 4.78 is 1.04. The maximum absolute atomic E-state index is 12.7. The standard InChI is InChI=1S/C23H18N2O3S/c1-25(18-10-7-16(8-11-18)23(27)28)22(26)14-21-24-19-12-9-17(13-20(19)29-21)15-5-3-2-4-6-15/h2-13H,14H2,1H3,(H,27,28). The smallest absolute Gasteiger partial charge is 0.335 e. The fourth-order valence-electron chi connectivity index (χ4n) is 3.08. The lowest BCUT2D eigenvalue weighted by molar-refractivity contribution is -0.117. The molecule has 1 N–H and O–H groups in total. The summed E-state index contributed by atoms with van der Waals surface area (Å²) in [6, 6.07) is 22.5. The number of amides is 1. The zero-order valence-electron chi connectivity index (χ0n) is 15.7. The number of rotatable bonds is 5. The highest BCUT2D eigenvalue weighted by atomic mass is 32.1. The van der Waals surface area contributed by atoms with Gasteiger partial charge in [-0.3, -0.25) is 4.79 Å². The number of thiazole rings is 1. The van der Waals surface area contributed by atoms with Crippen LogP contribution in [0, 0.1) is 0 Å². The number of aromatic nitrogens is 1. The van der Waals surface area contributed by atoms with Crippen molar-refractivity contribution in [2.75, 3.05) is 11.9 Å². The molecule has 6 heteroatoms. The van der Waals surface area contributed by atoms with Gasteiger partial charge in [0.05, 0.1) is 22.2 Å². The van der Waals surface area contributed by atoms with E-state index < -0.39 is 5.97 Å². The molecule has 144 valence electrons. The Morgan fingerprint density at radius 1 is 0.966 bits per heavy atom. The van der Waals surface area contributed by atoms with Crippen molar-refractivity contribution in [3.8, 4) is 11.1 Å². The van der Waals surface area contributed by atoms with Crippen LogP contribution in [0.3, 0.4) is 0 Å². The Labute approximate surface area is 171 Å². The van der Waals surface area contributed by atoms with Crippen molar-refractivity contribution in [3.63, 3.8) is 0 Å². The number of fused-ring (bicyclic) bond motifs is 1. The number of carboxylic acids is 1. The molecule has 1 aromatic heterocycles. The van der Waals surface area contributed by atoms with Crippen molar-refractivity contribution in [3.05, 3.63) is 83.4 Å². The van der Waals surface area contributed by atoms with Crippen molar-refractivity contribution >= 4 is 39.1 Å². The summed E-state index contributed by atoms with van der Waals surface area (Å²) in [5, 5.41) is 9.75. The minimum Gasteiger partial charge on any atom is -0.478 e. The quantitative estimate of drug-likeness (QED) is 0.517. The van der Waals surface area contributed by atoms with Gasteiger partial charge in [-0.25, -0.2) is 9.78 Å². The molecule has 0 saturated heterocycles. The highest BCUT2D eigenvalue weighted by molar-refractivity contribution is 7.18. The average molecular weight is 402 g/mol. The van der Waals surface area contributed by atoms with Crippen LogP contribution in [0.25, 0.3) is 21.3 Å². The van der Waals surface area contributed by atoms with Gasteiger partial charge in [0.2, 0.25) is 5.91 Å². The van der Waals surface area contributed by atoms with Gasteiger partial charge in [-0.1, -0.05) is 36.4 Å². The van der Waals surface area contributed by atoms with E-state index in [1.165, 1.54) is 28.4 Å². The summed E-state index contributed by atoms with van der Waals surface area (Å²) >= 11 is 1.52. The Hall–Kier alpha value is -3.51. The molecule has 4 aromatic rings. The largest absolute Gasteiger partial charge is 0.478 e. The van der Waals surface area contributed by atoms with Crippen LogP contribution in [0.1, 0.15) is 15.4 Å². The third kappa shape index (κ3) is 4.02. The maximum Gasteiger partial charge on any atom is 0.335 e. The van der Waals surface area contributed by atoms with E-state index in [0.29, 0.717) is 5.69 Å². The molecule has 4 rings (SSSR count). The topological polar surface area (TPSA) is 70.5 Å². The van der Waals surface area contributed by atoms with Gasteiger partial charge in [-0.15, -0.1) is 11.3 Å². The number of carbonyl (C=O) groups excluding carboxylic acids is 1. The van der Waals surface area contributed by atoms with Crippen molar-refractivity contribution < 1.29 is 14.7 Å². The van der Waals surface area contributed by atoms with Crippen LogP contribution in [0.5, 0.6) is 0 Å². The molecule has 0 atom stereocenters. The summed E-state index contributed by atoms with van der Waals surface area (Å²) in [5.74, 6) is -1.09. The van der Waals surface area contributed by atoms with E-state index in [1.807, 2.05) is 30.3 Å². The van der Waals surface area contributed by atoms with Crippen LogP contribution < -0.4 is 4.90 Å². The summed E-state index contributed by atoms with van der Waals surface area (Å²) in [6.07, 6.45) is 0.192. The predicted octanol–water partition coefficient (Wildman–Crippen LogP) is 4.87. The van der Waals surface area contributed by atoms with Gasteiger partial charge in [-0.05, 0) is 47.5 Å². The second-order valence-electron chi connectivity index (χ2n) is 6.64. The SMILES string of the molecule is CN(C(=O)Cc1nc2ccc(-c3ccccc3)cc2s1)c1ccc(C(=O)O)cc1. The Morgan fingerprint density at radius 3 is 2.38 bits per heavy atom. The highest BCUT2D eigenvalue weighted by Gasteiger charge is 2.15. The van der Waals surface area contributed by atoms with Crippen LogP contribution >= 0.6 is 11.3 Å². The normalized spacial score (nSPS) is 10.8. The molecule has 0 saturated carbocycles. The second kappa shape index (κ2) is 7.85. The molecule has 29 heavy (non-hydrogen) atoms. The third-order valence-corrected chi connectivity index (χ3v) is 5.74. The third-order valence-electron chi connectivity index (χ3n) is 4.72. The Balaban J connectivity index is 1.52. The molecule has 0 aliphatic heterocycles. The molecular weight excluding hydrogens is 384 g/mol. The van der Waals surface area contributed by atoms with E-state index in [-0.39, 0.29) is 17.9 Å². The molecule has 0 fully saturated rings. The summed E-state index contributed by atoms with van der Waals surface area (Å²) in [7, 11) is 1.68. The minimum atomic E-state index is -0.991. The van der Waals surface area contributed by atoms with Gasteiger partial charge in [-0.2, -0.15) is 0 Å². The minimum absolute atomic E-state index is 0.101. The first-order valence-electron chi connectivity index (χ1n) is 9.06. The average Bonchev–Trinajstić information content (AvgIpc) is 3.15. The molecule has 1 heterocycles. The van der Waals surface area contributed by atoms with Gasteiger partial charge in [0.25, 0.3) is 0 Å². The lowest BCUT2D eigenvalue weighted by Crippen LogP contribution is -2.27. The molecular formula is C23H18N2O3S. The molecule has 0 aliphatic rings. The number of aromatic carboxylic acids is 1. The van der Waals surface area contributed by atoms with E-state index in [9.17, 15) is 9.59 Å². The van der Waals surface area contributed by atoms with Crippen LogP contribution in [-0.4, -0.2) is 29.0 Å². The maximum atomic E-state index is 12.7. The molecule has 0 bridgehead atoms. The van der Waals surface area contributed by atoms with Gasteiger partial charge in [0.15, 0.2) is 0 Å². The van der Waals surface area contributed by atoms with Crippen LogP contribution in [0.2, 0.25) is 0 Å². The molecule has 0 spiro atoms. The van der Waals surface area contributed by atoms with Crippen molar-refractivity contribution in [1.82, 2.24) is 4.98 Å². The van der Waals surface area contributed by atoms with Crippen molar-refractivity contribution in [2.45, 2.75) is 6.42 Å². The van der Waals surface area contributed by atoms with Crippen molar-refractivity contribution in [2.24, 2.45) is 0 Å². The number of carboxylic acid groups (broad SMARTS) is 1. The molecule has 5 nitrogen and oxygen atoms in total. The number of anilines is 1. The molecule has 0 aliphatic carbocycles. The lowest BCUT2D eigenvalue weighted by atomic mass is 10.1. The summed E-state index contributed by atoms with van der Waals surface area (Å²) in [5.41, 5.74) is 3.98. The lowest BCUT2D eigenvalue weighted by Gasteiger charge is -2.16.